The Labute approximate surface area is 134 Å². The lowest BCUT2D eigenvalue weighted by molar-refractivity contribution is -0.137. The SMILES string of the molecule is Cc1csc(NC(=O)NCC(O)c2cccc(C(F)(F)F)c2)n1. The first-order chi connectivity index (χ1) is 10.8. The molecule has 124 valence electrons. The van der Waals surface area contributed by atoms with Gasteiger partial charge in [-0.15, -0.1) is 11.3 Å². The van der Waals surface area contributed by atoms with E-state index in [4.69, 9.17) is 0 Å². The number of nitrogens with zero attached hydrogens (tertiary/aromatic N) is 1. The van der Waals surface area contributed by atoms with Crippen LogP contribution >= 0.6 is 11.3 Å². The summed E-state index contributed by atoms with van der Waals surface area (Å²) in [5.74, 6) is 0. The summed E-state index contributed by atoms with van der Waals surface area (Å²) in [4.78, 5) is 15.7. The normalized spacial score (nSPS) is 12.7. The predicted octanol–water partition coefficient (Wildman–Crippen LogP) is 3.33. The maximum Gasteiger partial charge on any atom is 0.416 e. The average Bonchev–Trinajstić information content (AvgIpc) is 2.89. The van der Waals surface area contributed by atoms with Gasteiger partial charge in [0.15, 0.2) is 5.13 Å². The molecule has 5 nitrogen and oxygen atoms in total. The van der Waals surface area contributed by atoms with Crippen LogP contribution in [0.25, 0.3) is 0 Å². The number of urea groups is 1. The Morgan fingerprint density at radius 1 is 1.43 bits per heavy atom. The van der Waals surface area contributed by atoms with Gasteiger partial charge < -0.3 is 10.4 Å². The molecule has 0 aliphatic heterocycles. The lowest BCUT2D eigenvalue weighted by Gasteiger charge is -2.14. The molecule has 0 bridgehead atoms. The third-order valence-corrected chi connectivity index (χ3v) is 3.77. The van der Waals surface area contributed by atoms with E-state index in [-0.39, 0.29) is 12.1 Å². The van der Waals surface area contributed by atoms with Crippen LogP contribution in [0, 0.1) is 6.92 Å². The van der Waals surface area contributed by atoms with E-state index in [0.29, 0.717) is 5.13 Å². The Kier molecular flexibility index (Phi) is 5.22. The molecule has 9 heteroatoms. The summed E-state index contributed by atoms with van der Waals surface area (Å²) in [5, 5.41) is 16.9. The molecule has 23 heavy (non-hydrogen) atoms. The van der Waals surface area contributed by atoms with Gasteiger partial charge in [0, 0.05) is 11.9 Å². The summed E-state index contributed by atoms with van der Waals surface area (Å²) in [6.45, 7) is 1.55. The van der Waals surface area contributed by atoms with Crippen LogP contribution in [-0.2, 0) is 6.18 Å². The van der Waals surface area contributed by atoms with Gasteiger partial charge in [-0.05, 0) is 24.6 Å². The van der Waals surface area contributed by atoms with Gasteiger partial charge in [0.25, 0.3) is 0 Å². The number of halogens is 3. The molecule has 0 saturated carbocycles. The molecule has 0 aliphatic carbocycles. The van der Waals surface area contributed by atoms with Gasteiger partial charge in [-0.1, -0.05) is 12.1 Å². The van der Waals surface area contributed by atoms with Crippen LogP contribution in [0.5, 0.6) is 0 Å². The van der Waals surface area contributed by atoms with E-state index in [1.165, 1.54) is 23.5 Å². The molecule has 1 atom stereocenters. The number of thiazole rings is 1. The fourth-order valence-electron chi connectivity index (χ4n) is 1.78. The minimum Gasteiger partial charge on any atom is -0.387 e. The predicted molar refractivity (Wildman–Crippen MR) is 80.3 cm³/mol. The van der Waals surface area contributed by atoms with E-state index < -0.39 is 23.9 Å². The Bertz CT molecular complexity index is 688. The highest BCUT2D eigenvalue weighted by atomic mass is 32.1. The molecule has 0 fully saturated rings. The summed E-state index contributed by atoms with van der Waals surface area (Å²) in [5.41, 5.74) is -0.0173. The molecule has 2 aromatic rings. The number of nitrogens with one attached hydrogen (secondary N) is 2. The number of aryl methyl sites for hydroxylation is 1. The van der Waals surface area contributed by atoms with Crippen LogP contribution in [0.4, 0.5) is 23.1 Å². The summed E-state index contributed by atoms with van der Waals surface area (Å²) >= 11 is 1.24. The maximum absolute atomic E-state index is 12.6. The molecule has 0 saturated heterocycles. The van der Waals surface area contributed by atoms with Crippen LogP contribution in [-0.4, -0.2) is 22.7 Å². The number of amides is 2. The van der Waals surface area contributed by atoms with E-state index >= 15 is 0 Å². The zero-order valence-corrected chi connectivity index (χ0v) is 12.8. The van der Waals surface area contributed by atoms with Crippen LogP contribution in [0.1, 0.15) is 22.9 Å². The second kappa shape index (κ2) is 6.97. The highest BCUT2D eigenvalue weighted by Gasteiger charge is 2.30. The number of alkyl halides is 3. The fraction of sp³-hybridized carbons (Fsp3) is 0.286. The molecule has 1 aromatic heterocycles. The van der Waals surface area contributed by atoms with Crippen molar-refractivity contribution in [3.63, 3.8) is 0 Å². The molecule has 0 radical (unpaired) electrons. The van der Waals surface area contributed by atoms with Gasteiger partial charge in [0.1, 0.15) is 0 Å². The molecule has 2 rings (SSSR count). The number of anilines is 1. The van der Waals surface area contributed by atoms with E-state index in [1.54, 1.807) is 12.3 Å². The van der Waals surface area contributed by atoms with Crippen LogP contribution in [0.2, 0.25) is 0 Å². The summed E-state index contributed by atoms with van der Waals surface area (Å²) < 4.78 is 37.9. The molecule has 3 N–H and O–H groups in total. The van der Waals surface area contributed by atoms with Gasteiger partial charge in [-0.2, -0.15) is 13.2 Å². The van der Waals surface area contributed by atoms with Gasteiger partial charge in [-0.25, -0.2) is 9.78 Å². The van der Waals surface area contributed by atoms with Crippen molar-refractivity contribution >= 4 is 22.5 Å². The highest BCUT2D eigenvalue weighted by molar-refractivity contribution is 7.13. The van der Waals surface area contributed by atoms with Crippen LogP contribution in [0.15, 0.2) is 29.6 Å². The summed E-state index contributed by atoms with van der Waals surface area (Å²) in [6.07, 6.45) is -5.73. The number of carbonyl (C=O) groups excluding carboxylic acids is 1. The Morgan fingerprint density at radius 3 is 2.78 bits per heavy atom. The average molecular weight is 345 g/mol. The number of rotatable bonds is 4. The van der Waals surface area contributed by atoms with E-state index in [1.807, 2.05) is 0 Å². The topological polar surface area (TPSA) is 74.2 Å². The number of benzene rings is 1. The van der Waals surface area contributed by atoms with Gasteiger partial charge in [-0.3, -0.25) is 5.32 Å². The lowest BCUT2D eigenvalue weighted by Crippen LogP contribution is -2.32. The number of aliphatic hydroxyl groups is 1. The van der Waals surface area contributed by atoms with Crippen LogP contribution in [0.3, 0.4) is 0 Å². The van der Waals surface area contributed by atoms with Crippen molar-refractivity contribution in [1.82, 2.24) is 10.3 Å². The van der Waals surface area contributed by atoms with Gasteiger partial charge in [0.05, 0.1) is 17.4 Å². The Morgan fingerprint density at radius 2 is 2.17 bits per heavy atom. The van der Waals surface area contributed by atoms with Gasteiger partial charge >= 0.3 is 12.2 Å². The van der Waals surface area contributed by atoms with Crippen molar-refractivity contribution < 1.29 is 23.1 Å². The zero-order chi connectivity index (χ0) is 17.0. The number of aliphatic hydroxyl groups excluding tert-OH is 1. The van der Waals surface area contributed by atoms with Gasteiger partial charge in [0.2, 0.25) is 0 Å². The highest BCUT2D eigenvalue weighted by Crippen LogP contribution is 2.30. The quantitative estimate of drug-likeness (QED) is 0.796. The zero-order valence-electron chi connectivity index (χ0n) is 12.0. The molecule has 0 aliphatic rings. The number of hydrogen-bond acceptors (Lipinski definition) is 4. The van der Waals surface area contributed by atoms with Crippen LogP contribution < -0.4 is 10.6 Å². The van der Waals surface area contributed by atoms with Crippen molar-refractivity contribution in [1.29, 1.82) is 0 Å². The monoisotopic (exact) mass is 345 g/mol. The first-order valence-electron chi connectivity index (χ1n) is 6.58. The summed E-state index contributed by atoms with van der Waals surface area (Å²) in [7, 11) is 0. The standard InChI is InChI=1S/C14H14F3N3O2S/c1-8-7-23-13(19-8)20-12(22)18-6-11(21)9-3-2-4-10(5-9)14(15,16)17/h2-5,7,11,21H,6H2,1H3,(H2,18,19,20,22). The molecule has 1 aromatic carbocycles. The van der Waals surface area contributed by atoms with Crippen molar-refractivity contribution in [3.8, 4) is 0 Å². The third-order valence-electron chi connectivity index (χ3n) is 2.89. The smallest absolute Gasteiger partial charge is 0.387 e. The molecule has 2 amide bonds. The Balaban J connectivity index is 1.91. The number of hydrogen-bond donors (Lipinski definition) is 3. The third kappa shape index (κ3) is 4.93. The minimum absolute atomic E-state index is 0.0743. The Hall–Kier alpha value is -2.13. The first kappa shape index (κ1) is 17.2. The molecular formula is C14H14F3N3O2S. The fourth-order valence-corrected chi connectivity index (χ4v) is 2.47. The molecule has 1 heterocycles. The maximum atomic E-state index is 12.6. The number of aromatic nitrogens is 1. The van der Waals surface area contributed by atoms with Crippen molar-refractivity contribution in [2.75, 3.05) is 11.9 Å². The van der Waals surface area contributed by atoms with E-state index in [0.717, 1.165) is 17.8 Å². The second-order valence-electron chi connectivity index (χ2n) is 4.77. The second-order valence-corrected chi connectivity index (χ2v) is 5.63. The van der Waals surface area contributed by atoms with Crippen molar-refractivity contribution in [2.24, 2.45) is 0 Å². The summed E-state index contributed by atoms with van der Waals surface area (Å²) in [6, 6.07) is 3.75. The van der Waals surface area contributed by atoms with Crippen molar-refractivity contribution in [2.45, 2.75) is 19.2 Å². The molecule has 0 spiro atoms. The minimum atomic E-state index is -4.48. The van der Waals surface area contributed by atoms with E-state index in [2.05, 4.69) is 15.6 Å². The molecular weight excluding hydrogens is 331 g/mol. The van der Waals surface area contributed by atoms with E-state index in [9.17, 15) is 23.1 Å². The number of carbonyl (C=O) groups is 1. The van der Waals surface area contributed by atoms with Crippen molar-refractivity contribution in [3.05, 3.63) is 46.5 Å². The largest absolute Gasteiger partial charge is 0.416 e. The first-order valence-corrected chi connectivity index (χ1v) is 7.46. The molecule has 1 unspecified atom stereocenters. The lowest BCUT2D eigenvalue weighted by atomic mass is 10.1.